The highest BCUT2D eigenvalue weighted by Gasteiger charge is 2.19. The monoisotopic (exact) mass is 311 g/mol. The average molecular weight is 311 g/mol. The van der Waals surface area contributed by atoms with Crippen LogP contribution in [0.25, 0.3) is 0 Å². The van der Waals surface area contributed by atoms with Gasteiger partial charge in [0.25, 0.3) is 0 Å². The first kappa shape index (κ1) is 15.6. The fourth-order valence-electron chi connectivity index (χ4n) is 1.90. The molecular formula is C14H17NO5S. The highest BCUT2D eigenvalue weighted by Crippen LogP contribution is 2.21. The molecule has 0 saturated heterocycles. The number of aliphatic hydroxyl groups excluding tert-OH is 1. The molecule has 2 aromatic rings. The fourth-order valence-corrected chi connectivity index (χ4v) is 3.16. The number of hydrogen-bond acceptors (Lipinski definition) is 5. The zero-order valence-electron chi connectivity index (χ0n) is 11.7. The van der Waals surface area contributed by atoms with Gasteiger partial charge in [-0.1, -0.05) is 0 Å². The lowest BCUT2D eigenvalue weighted by molar-refractivity contribution is 0.181. The molecule has 21 heavy (non-hydrogen) atoms. The van der Waals surface area contributed by atoms with Crippen molar-refractivity contribution in [3.63, 3.8) is 0 Å². The minimum Gasteiger partial charge on any atom is -0.497 e. The van der Waals surface area contributed by atoms with Gasteiger partial charge in [0.05, 0.1) is 30.6 Å². The van der Waals surface area contributed by atoms with E-state index in [4.69, 9.17) is 9.15 Å². The largest absolute Gasteiger partial charge is 0.497 e. The third-order valence-corrected chi connectivity index (χ3v) is 4.65. The summed E-state index contributed by atoms with van der Waals surface area (Å²) >= 11 is 0. The number of benzene rings is 1. The van der Waals surface area contributed by atoms with Crippen LogP contribution in [0.1, 0.15) is 17.2 Å². The molecule has 1 aromatic carbocycles. The molecule has 0 aliphatic rings. The van der Waals surface area contributed by atoms with Crippen LogP contribution >= 0.6 is 0 Å². The van der Waals surface area contributed by atoms with E-state index in [0.717, 1.165) is 0 Å². The van der Waals surface area contributed by atoms with Crippen LogP contribution in [-0.4, -0.2) is 27.2 Å². The lowest BCUT2D eigenvalue weighted by Gasteiger charge is -2.13. The Hall–Kier alpha value is -1.83. The normalized spacial score (nSPS) is 13.1. The van der Waals surface area contributed by atoms with Gasteiger partial charge >= 0.3 is 0 Å². The van der Waals surface area contributed by atoms with E-state index in [1.807, 2.05) is 0 Å². The molecule has 0 aliphatic heterocycles. The van der Waals surface area contributed by atoms with Crippen molar-refractivity contribution in [3.8, 4) is 5.75 Å². The van der Waals surface area contributed by atoms with Crippen molar-refractivity contribution in [2.24, 2.45) is 0 Å². The van der Waals surface area contributed by atoms with Crippen molar-refractivity contribution in [2.75, 3.05) is 13.7 Å². The molecule has 0 fully saturated rings. The topological polar surface area (TPSA) is 88.8 Å². The Labute approximate surface area is 123 Å². The first-order valence-corrected chi connectivity index (χ1v) is 7.77. The number of ether oxygens (including phenoxy) is 1. The molecule has 2 rings (SSSR count). The van der Waals surface area contributed by atoms with Crippen molar-refractivity contribution in [3.05, 3.63) is 47.9 Å². The Bertz CT molecular complexity index is 694. The number of furan rings is 1. The first-order valence-electron chi connectivity index (χ1n) is 6.28. The fraction of sp³-hybridized carbons (Fsp3) is 0.286. The molecule has 1 heterocycles. The summed E-state index contributed by atoms with van der Waals surface area (Å²) in [6, 6.07) is 6.27. The Morgan fingerprint density at radius 1 is 1.38 bits per heavy atom. The molecule has 0 radical (unpaired) electrons. The predicted molar refractivity (Wildman–Crippen MR) is 76.6 cm³/mol. The molecule has 114 valence electrons. The van der Waals surface area contributed by atoms with E-state index in [9.17, 15) is 13.5 Å². The van der Waals surface area contributed by atoms with Gasteiger partial charge in [-0.2, -0.15) is 0 Å². The van der Waals surface area contributed by atoms with E-state index in [2.05, 4.69) is 4.72 Å². The van der Waals surface area contributed by atoms with Crippen LogP contribution in [0.2, 0.25) is 0 Å². The number of methoxy groups -OCH3 is 1. The molecule has 0 aliphatic carbocycles. The maximum absolute atomic E-state index is 12.2. The Balaban J connectivity index is 2.11. The van der Waals surface area contributed by atoms with E-state index in [-0.39, 0.29) is 11.4 Å². The SMILES string of the molecule is COc1ccc(S(=O)(=O)NCC(O)c2ccoc2)c(C)c1. The van der Waals surface area contributed by atoms with Gasteiger partial charge < -0.3 is 14.3 Å². The summed E-state index contributed by atoms with van der Waals surface area (Å²) in [6.07, 6.45) is 1.83. The summed E-state index contributed by atoms with van der Waals surface area (Å²) in [7, 11) is -2.18. The minimum absolute atomic E-state index is 0.132. The summed E-state index contributed by atoms with van der Waals surface area (Å²) in [5.74, 6) is 0.588. The quantitative estimate of drug-likeness (QED) is 0.846. The number of aliphatic hydroxyl groups is 1. The maximum atomic E-state index is 12.2. The van der Waals surface area contributed by atoms with Crippen LogP contribution in [0, 0.1) is 6.92 Å². The van der Waals surface area contributed by atoms with Gasteiger partial charge in [0.2, 0.25) is 10.0 Å². The summed E-state index contributed by atoms with van der Waals surface area (Å²) < 4.78 is 36.8. The van der Waals surface area contributed by atoms with Gasteiger partial charge in [0, 0.05) is 12.1 Å². The van der Waals surface area contributed by atoms with E-state index < -0.39 is 16.1 Å². The third-order valence-electron chi connectivity index (χ3n) is 3.07. The number of aryl methyl sites for hydroxylation is 1. The minimum atomic E-state index is -3.70. The second-order valence-electron chi connectivity index (χ2n) is 4.56. The molecule has 0 bridgehead atoms. The van der Waals surface area contributed by atoms with E-state index in [1.54, 1.807) is 25.1 Å². The molecule has 7 heteroatoms. The van der Waals surface area contributed by atoms with Crippen LogP contribution in [-0.2, 0) is 10.0 Å². The van der Waals surface area contributed by atoms with Gasteiger partial charge in [0.1, 0.15) is 5.75 Å². The molecule has 0 saturated carbocycles. The lowest BCUT2D eigenvalue weighted by atomic mass is 10.2. The van der Waals surface area contributed by atoms with Crippen LogP contribution < -0.4 is 9.46 Å². The van der Waals surface area contributed by atoms with Gasteiger partial charge in [-0.05, 0) is 36.8 Å². The summed E-state index contributed by atoms with van der Waals surface area (Å²) in [5, 5.41) is 9.86. The molecule has 1 atom stereocenters. The number of nitrogens with one attached hydrogen (secondary N) is 1. The van der Waals surface area contributed by atoms with Crippen LogP contribution in [0.4, 0.5) is 0 Å². The van der Waals surface area contributed by atoms with Crippen molar-refractivity contribution in [2.45, 2.75) is 17.9 Å². The van der Waals surface area contributed by atoms with Gasteiger partial charge in [-0.3, -0.25) is 0 Å². The smallest absolute Gasteiger partial charge is 0.240 e. The Morgan fingerprint density at radius 3 is 2.71 bits per heavy atom. The third kappa shape index (κ3) is 3.63. The maximum Gasteiger partial charge on any atom is 0.240 e. The van der Waals surface area contributed by atoms with E-state index in [1.165, 1.54) is 25.7 Å². The molecule has 1 unspecified atom stereocenters. The van der Waals surface area contributed by atoms with Crippen molar-refractivity contribution >= 4 is 10.0 Å². The Kier molecular flexibility index (Phi) is 4.66. The zero-order chi connectivity index (χ0) is 15.5. The van der Waals surface area contributed by atoms with Crippen LogP contribution in [0.3, 0.4) is 0 Å². The second kappa shape index (κ2) is 6.30. The van der Waals surface area contributed by atoms with Gasteiger partial charge in [-0.25, -0.2) is 13.1 Å². The molecular weight excluding hydrogens is 294 g/mol. The number of rotatable bonds is 6. The number of hydrogen-bond donors (Lipinski definition) is 2. The summed E-state index contributed by atoms with van der Waals surface area (Å²) in [6.45, 7) is 1.55. The predicted octanol–water partition coefficient (Wildman–Crippen LogP) is 1.61. The summed E-state index contributed by atoms with van der Waals surface area (Å²) in [5.41, 5.74) is 1.09. The highest BCUT2D eigenvalue weighted by molar-refractivity contribution is 7.89. The van der Waals surface area contributed by atoms with Crippen molar-refractivity contribution < 1.29 is 22.7 Å². The van der Waals surface area contributed by atoms with Gasteiger partial charge in [0.15, 0.2) is 0 Å². The standard InChI is InChI=1S/C14H17NO5S/c1-10-7-12(19-2)3-4-14(10)21(17,18)15-8-13(16)11-5-6-20-9-11/h3-7,9,13,15-16H,8H2,1-2H3. The van der Waals surface area contributed by atoms with Crippen molar-refractivity contribution in [1.29, 1.82) is 0 Å². The highest BCUT2D eigenvalue weighted by atomic mass is 32.2. The zero-order valence-corrected chi connectivity index (χ0v) is 12.6. The van der Waals surface area contributed by atoms with Crippen LogP contribution in [0.15, 0.2) is 46.1 Å². The first-order chi connectivity index (χ1) is 9.94. The molecule has 0 amide bonds. The molecule has 2 N–H and O–H groups in total. The average Bonchev–Trinajstić information content (AvgIpc) is 2.98. The van der Waals surface area contributed by atoms with E-state index >= 15 is 0 Å². The van der Waals surface area contributed by atoms with E-state index in [0.29, 0.717) is 16.9 Å². The number of sulfonamides is 1. The second-order valence-corrected chi connectivity index (χ2v) is 6.29. The van der Waals surface area contributed by atoms with Crippen molar-refractivity contribution in [1.82, 2.24) is 4.72 Å². The lowest BCUT2D eigenvalue weighted by Crippen LogP contribution is -2.29. The molecule has 0 spiro atoms. The van der Waals surface area contributed by atoms with Gasteiger partial charge in [-0.15, -0.1) is 0 Å². The molecule has 1 aromatic heterocycles. The van der Waals surface area contributed by atoms with Crippen LogP contribution in [0.5, 0.6) is 5.75 Å². The summed E-state index contributed by atoms with van der Waals surface area (Å²) in [4.78, 5) is 0.155. The Morgan fingerprint density at radius 2 is 2.14 bits per heavy atom. The molecule has 6 nitrogen and oxygen atoms in total.